The lowest BCUT2D eigenvalue weighted by Crippen LogP contribution is -2.09. The summed E-state index contributed by atoms with van der Waals surface area (Å²) in [5.41, 5.74) is 4.25. The number of rotatable bonds is 3. The Balaban J connectivity index is 1.95. The molecular formula is C16H15BrN2O2. The van der Waals surface area contributed by atoms with Crippen LogP contribution >= 0.6 is 15.9 Å². The van der Waals surface area contributed by atoms with Crippen LogP contribution in [0, 0.1) is 17.0 Å². The third kappa shape index (κ3) is 2.65. The molecule has 5 heteroatoms. The summed E-state index contributed by atoms with van der Waals surface area (Å²) in [6.07, 6.45) is 1.93. The Bertz CT molecular complexity index is 715. The van der Waals surface area contributed by atoms with Gasteiger partial charge in [0, 0.05) is 10.5 Å². The maximum atomic E-state index is 11.2. The average molecular weight is 347 g/mol. The lowest BCUT2D eigenvalue weighted by Gasteiger charge is -2.16. The number of aryl methyl sites for hydroxylation is 1. The number of nitrogens with zero attached hydrogens (tertiary/aromatic N) is 1. The van der Waals surface area contributed by atoms with Gasteiger partial charge in [-0.05, 0) is 48.6 Å². The Morgan fingerprint density at radius 1 is 1.33 bits per heavy atom. The molecule has 0 heterocycles. The van der Waals surface area contributed by atoms with E-state index < -0.39 is 0 Å². The molecule has 1 N–H and O–H groups in total. The van der Waals surface area contributed by atoms with Crippen LogP contribution in [0.1, 0.15) is 29.2 Å². The largest absolute Gasteiger partial charge is 0.373 e. The topological polar surface area (TPSA) is 55.2 Å². The second-order valence-corrected chi connectivity index (χ2v) is 6.18. The molecule has 0 bridgehead atoms. The first kappa shape index (κ1) is 14.1. The van der Waals surface area contributed by atoms with E-state index in [0.717, 1.165) is 22.9 Å². The van der Waals surface area contributed by atoms with Crippen LogP contribution in [0.15, 0.2) is 40.9 Å². The van der Waals surface area contributed by atoms with E-state index in [4.69, 9.17) is 0 Å². The Kier molecular flexibility index (Phi) is 3.68. The minimum absolute atomic E-state index is 0.123. The van der Waals surface area contributed by atoms with Crippen molar-refractivity contribution in [1.82, 2.24) is 0 Å². The standard InChI is InChI=1S/C16H15BrN2O2/c1-10-5-8-16(19(20)21)15(9-10)18-14-7-6-11-12(14)3-2-4-13(11)17/h2-5,8-9,14,18H,6-7H2,1H3. The molecule has 2 aromatic carbocycles. The van der Waals surface area contributed by atoms with E-state index in [1.807, 2.05) is 25.1 Å². The molecule has 1 atom stereocenters. The van der Waals surface area contributed by atoms with Gasteiger partial charge in [0.1, 0.15) is 5.69 Å². The molecule has 1 unspecified atom stereocenters. The highest BCUT2D eigenvalue weighted by Crippen LogP contribution is 2.39. The number of benzene rings is 2. The van der Waals surface area contributed by atoms with Crippen LogP contribution in [-0.4, -0.2) is 4.92 Å². The quantitative estimate of drug-likeness (QED) is 0.643. The summed E-state index contributed by atoms with van der Waals surface area (Å²) in [7, 11) is 0. The molecule has 0 aliphatic heterocycles. The Morgan fingerprint density at radius 3 is 2.90 bits per heavy atom. The van der Waals surface area contributed by atoms with Gasteiger partial charge in [0.25, 0.3) is 5.69 Å². The van der Waals surface area contributed by atoms with Gasteiger partial charge in [-0.15, -0.1) is 0 Å². The number of hydrogen-bond acceptors (Lipinski definition) is 3. The van der Waals surface area contributed by atoms with E-state index >= 15 is 0 Å². The molecule has 2 aromatic rings. The van der Waals surface area contributed by atoms with Crippen molar-refractivity contribution in [2.75, 3.05) is 5.32 Å². The number of halogens is 1. The number of anilines is 1. The number of fused-ring (bicyclic) bond motifs is 1. The molecule has 0 saturated heterocycles. The highest BCUT2D eigenvalue weighted by Gasteiger charge is 2.26. The van der Waals surface area contributed by atoms with Crippen LogP contribution < -0.4 is 5.32 Å². The SMILES string of the molecule is Cc1ccc([N+](=O)[O-])c(NC2CCc3c(Br)cccc32)c1. The Hall–Kier alpha value is -1.88. The maximum absolute atomic E-state index is 11.2. The van der Waals surface area contributed by atoms with Crippen molar-refractivity contribution in [2.45, 2.75) is 25.8 Å². The molecular weight excluding hydrogens is 332 g/mol. The summed E-state index contributed by atoms with van der Waals surface area (Å²) >= 11 is 3.57. The van der Waals surface area contributed by atoms with Gasteiger partial charge in [-0.2, -0.15) is 0 Å². The van der Waals surface area contributed by atoms with Crippen molar-refractivity contribution in [1.29, 1.82) is 0 Å². The van der Waals surface area contributed by atoms with Crippen LogP contribution in [0.25, 0.3) is 0 Å². The first-order valence-corrected chi connectivity index (χ1v) is 7.64. The van der Waals surface area contributed by atoms with E-state index in [0.29, 0.717) is 5.69 Å². The van der Waals surface area contributed by atoms with Gasteiger partial charge in [-0.25, -0.2) is 0 Å². The number of hydrogen-bond donors (Lipinski definition) is 1. The second-order valence-electron chi connectivity index (χ2n) is 5.32. The normalized spacial score (nSPS) is 16.6. The lowest BCUT2D eigenvalue weighted by molar-refractivity contribution is -0.384. The highest BCUT2D eigenvalue weighted by molar-refractivity contribution is 9.10. The summed E-state index contributed by atoms with van der Waals surface area (Å²) in [5, 5.41) is 14.5. The molecule has 108 valence electrons. The lowest BCUT2D eigenvalue weighted by atomic mass is 10.1. The van der Waals surface area contributed by atoms with Crippen LogP contribution in [-0.2, 0) is 6.42 Å². The van der Waals surface area contributed by atoms with Gasteiger partial charge in [-0.3, -0.25) is 10.1 Å². The molecule has 0 radical (unpaired) electrons. The molecule has 0 amide bonds. The van der Waals surface area contributed by atoms with Gasteiger partial charge in [0.15, 0.2) is 0 Å². The van der Waals surface area contributed by atoms with Crippen molar-refractivity contribution >= 4 is 27.3 Å². The zero-order chi connectivity index (χ0) is 15.0. The second kappa shape index (κ2) is 5.48. The number of nitro groups is 1. The van der Waals surface area contributed by atoms with Crippen molar-refractivity contribution in [3.05, 3.63) is 67.7 Å². The van der Waals surface area contributed by atoms with E-state index in [9.17, 15) is 10.1 Å². The van der Waals surface area contributed by atoms with Crippen molar-refractivity contribution in [3.8, 4) is 0 Å². The number of nitro benzene ring substituents is 1. The van der Waals surface area contributed by atoms with Crippen LogP contribution in [0.2, 0.25) is 0 Å². The minimum Gasteiger partial charge on any atom is -0.373 e. The fourth-order valence-electron chi connectivity index (χ4n) is 2.87. The molecule has 4 nitrogen and oxygen atoms in total. The third-order valence-corrected chi connectivity index (χ3v) is 4.63. The van der Waals surface area contributed by atoms with Gasteiger partial charge in [-0.1, -0.05) is 34.1 Å². The Morgan fingerprint density at radius 2 is 2.14 bits per heavy atom. The van der Waals surface area contributed by atoms with E-state index in [1.165, 1.54) is 11.1 Å². The molecule has 0 saturated carbocycles. The first-order valence-electron chi connectivity index (χ1n) is 6.85. The third-order valence-electron chi connectivity index (χ3n) is 3.89. The summed E-state index contributed by atoms with van der Waals surface area (Å²) < 4.78 is 1.11. The fourth-order valence-corrected chi connectivity index (χ4v) is 3.45. The smallest absolute Gasteiger partial charge is 0.292 e. The summed E-state index contributed by atoms with van der Waals surface area (Å²) in [6.45, 7) is 1.94. The van der Waals surface area contributed by atoms with Crippen LogP contribution in [0.5, 0.6) is 0 Å². The zero-order valence-corrected chi connectivity index (χ0v) is 13.2. The predicted octanol–water partition coefficient (Wildman–Crippen LogP) is 4.77. The molecule has 0 spiro atoms. The number of nitrogens with one attached hydrogen (secondary N) is 1. The molecule has 1 aliphatic rings. The van der Waals surface area contributed by atoms with Gasteiger partial charge in [0.2, 0.25) is 0 Å². The maximum Gasteiger partial charge on any atom is 0.292 e. The predicted molar refractivity (Wildman–Crippen MR) is 86.7 cm³/mol. The van der Waals surface area contributed by atoms with E-state index in [1.54, 1.807) is 12.1 Å². The molecule has 0 fully saturated rings. The highest BCUT2D eigenvalue weighted by atomic mass is 79.9. The zero-order valence-electron chi connectivity index (χ0n) is 11.6. The average Bonchev–Trinajstić information content (AvgIpc) is 2.83. The Labute approximate surface area is 131 Å². The van der Waals surface area contributed by atoms with Crippen LogP contribution in [0.3, 0.4) is 0 Å². The molecule has 21 heavy (non-hydrogen) atoms. The van der Waals surface area contributed by atoms with Crippen molar-refractivity contribution in [2.24, 2.45) is 0 Å². The monoisotopic (exact) mass is 346 g/mol. The fraction of sp³-hybridized carbons (Fsp3) is 0.250. The van der Waals surface area contributed by atoms with Gasteiger partial charge in [0.05, 0.1) is 11.0 Å². The van der Waals surface area contributed by atoms with E-state index in [2.05, 4.69) is 27.3 Å². The first-order chi connectivity index (χ1) is 10.1. The molecule has 1 aliphatic carbocycles. The van der Waals surface area contributed by atoms with Crippen molar-refractivity contribution < 1.29 is 4.92 Å². The molecule has 0 aromatic heterocycles. The van der Waals surface area contributed by atoms with Gasteiger partial charge >= 0.3 is 0 Å². The van der Waals surface area contributed by atoms with Gasteiger partial charge < -0.3 is 5.32 Å². The summed E-state index contributed by atoms with van der Waals surface area (Å²) in [4.78, 5) is 10.8. The van der Waals surface area contributed by atoms with Crippen molar-refractivity contribution in [3.63, 3.8) is 0 Å². The summed E-state index contributed by atoms with van der Waals surface area (Å²) in [5.74, 6) is 0. The van der Waals surface area contributed by atoms with E-state index in [-0.39, 0.29) is 16.7 Å². The van der Waals surface area contributed by atoms with Crippen LogP contribution in [0.4, 0.5) is 11.4 Å². The minimum atomic E-state index is -0.335. The molecule has 3 rings (SSSR count). The summed E-state index contributed by atoms with van der Waals surface area (Å²) in [6, 6.07) is 11.4.